The lowest BCUT2D eigenvalue weighted by atomic mass is 10.1. The van der Waals surface area contributed by atoms with Gasteiger partial charge in [-0.3, -0.25) is 9.59 Å². The molecule has 2 aliphatic rings. The summed E-state index contributed by atoms with van der Waals surface area (Å²) in [7, 11) is 0. The highest BCUT2D eigenvalue weighted by Gasteiger charge is 2.29. The molecule has 0 saturated carbocycles. The predicted molar refractivity (Wildman–Crippen MR) is 49.4 cm³/mol. The number of piperazine rings is 1. The molecule has 2 amide bonds. The summed E-state index contributed by atoms with van der Waals surface area (Å²) in [5.74, 6) is -0.196. The van der Waals surface area contributed by atoms with E-state index in [1.165, 1.54) is 0 Å². The van der Waals surface area contributed by atoms with Crippen molar-refractivity contribution < 1.29 is 9.59 Å². The monoisotopic (exact) mass is 198 g/mol. The van der Waals surface area contributed by atoms with Gasteiger partial charge in [0.05, 0.1) is 6.54 Å². The molecule has 6 heteroatoms. The summed E-state index contributed by atoms with van der Waals surface area (Å²) < 4.78 is 0. The molecule has 2 atom stereocenters. The first kappa shape index (κ1) is 9.42. The number of hydrogen-bond acceptors (Lipinski definition) is 4. The van der Waals surface area contributed by atoms with E-state index in [0.717, 1.165) is 13.2 Å². The van der Waals surface area contributed by atoms with Crippen LogP contribution in [0.4, 0.5) is 0 Å². The molecule has 2 saturated heterocycles. The van der Waals surface area contributed by atoms with Crippen LogP contribution in [0.2, 0.25) is 0 Å². The number of amides is 2. The second kappa shape index (κ2) is 3.93. The molecule has 4 N–H and O–H groups in total. The van der Waals surface area contributed by atoms with Gasteiger partial charge in [0.1, 0.15) is 6.04 Å². The fourth-order valence-electron chi connectivity index (χ4n) is 1.75. The molecule has 2 unspecified atom stereocenters. The molecule has 0 radical (unpaired) electrons. The lowest BCUT2D eigenvalue weighted by molar-refractivity contribution is -0.133. The molecule has 78 valence electrons. The summed E-state index contributed by atoms with van der Waals surface area (Å²) in [4.78, 5) is 22.4. The van der Waals surface area contributed by atoms with Gasteiger partial charge >= 0.3 is 0 Å². The largest absolute Gasteiger partial charge is 0.345 e. The van der Waals surface area contributed by atoms with Crippen LogP contribution in [0.5, 0.6) is 0 Å². The van der Waals surface area contributed by atoms with Crippen LogP contribution in [0.15, 0.2) is 0 Å². The number of carbonyl (C=O) groups is 2. The van der Waals surface area contributed by atoms with Crippen molar-refractivity contribution in [3.05, 3.63) is 0 Å². The van der Waals surface area contributed by atoms with Gasteiger partial charge in [-0.1, -0.05) is 0 Å². The number of carbonyl (C=O) groups excluding carboxylic acids is 2. The highest BCUT2D eigenvalue weighted by Crippen LogP contribution is 2.03. The quantitative estimate of drug-likeness (QED) is 0.396. The van der Waals surface area contributed by atoms with Gasteiger partial charge in [-0.2, -0.15) is 0 Å². The van der Waals surface area contributed by atoms with Gasteiger partial charge in [-0.05, 0) is 6.42 Å². The molecule has 0 aromatic heterocycles. The molecule has 0 bridgehead atoms. The fourth-order valence-corrected chi connectivity index (χ4v) is 1.75. The lowest BCUT2D eigenvalue weighted by Gasteiger charge is -2.25. The van der Waals surface area contributed by atoms with Crippen LogP contribution < -0.4 is 21.3 Å². The van der Waals surface area contributed by atoms with Crippen LogP contribution in [-0.4, -0.2) is 43.7 Å². The van der Waals surface area contributed by atoms with Crippen molar-refractivity contribution in [1.82, 2.24) is 21.3 Å². The molecule has 2 rings (SSSR count). The van der Waals surface area contributed by atoms with Crippen LogP contribution in [0.1, 0.15) is 6.42 Å². The lowest BCUT2D eigenvalue weighted by Crippen LogP contribution is -2.57. The van der Waals surface area contributed by atoms with Crippen molar-refractivity contribution in [2.75, 3.05) is 19.8 Å². The van der Waals surface area contributed by atoms with Crippen LogP contribution >= 0.6 is 0 Å². The van der Waals surface area contributed by atoms with Crippen LogP contribution in [0.25, 0.3) is 0 Å². The van der Waals surface area contributed by atoms with Crippen molar-refractivity contribution >= 4 is 11.8 Å². The maximum Gasteiger partial charge on any atom is 0.243 e. The van der Waals surface area contributed by atoms with E-state index in [1.54, 1.807) is 0 Å². The average molecular weight is 198 g/mol. The smallest absolute Gasteiger partial charge is 0.243 e. The van der Waals surface area contributed by atoms with E-state index in [0.29, 0.717) is 6.42 Å². The molecule has 2 aliphatic heterocycles. The Bertz CT molecular complexity index is 250. The second-order valence-corrected chi connectivity index (χ2v) is 3.61. The third kappa shape index (κ3) is 2.02. The minimum atomic E-state index is -0.381. The van der Waals surface area contributed by atoms with Crippen molar-refractivity contribution in [3.8, 4) is 0 Å². The molecular formula is C8H14N4O2. The van der Waals surface area contributed by atoms with Crippen LogP contribution in [0.3, 0.4) is 0 Å². The van der Waals surface area contributed by atoms with Crippen molar-refractivity contribution in [3.63, 3.8) is 0 Å². The molecule has 2 heterocycles. The van der Waals surface area contributed by atoms with Crippen molar-refractivity contribution in [1.29, 1.82) is 0 Å². The summed E-state index contributed by atoms with van der Waals surface area (Å²) in [6.45, 7) is 1.72. The Labute approximate surface area is 81.8 Å². The van der Waals surface area contributed by atoms with E-state index in [9.17, 15) is 9.59 Å². The maximum absolute atomic E-state index is 11.4. The minimum Gasteiger partial charge on any atom is -0.345 e. The normalized spacial score (nSPS) is 32.6. The van der Waals surface area contributed by atoms with E-state index in [2.05, 4.69) is 21.3 Å². The van der Waals surface area contributed by atoms with Gasteiger partial charge in [0, 0.05) is 19.3 Å². The van der Waals surface area contributed by atoms with Crippen molar-refractivity contribution in [2.45, 2.75) is 18.5 Å². The zero-order valence-electron chi connectivity index (χ0n) is 7.80. The van der Waals surface area contributed by atoms with Gasteiger partial charge in [0.25, 0.3) is 0 Å². The Balaban J connectivity index is 1.88. The Morgan fingerprint density at radius 2 is 2.21 bits per heavy atom. The van der Waals surface area contributed by atoms with E-state index in [-0.39, 0.29) is 30.4 Å². The highest BCUT2D eigenvalue weighted by atomic mass is 16.2. The fraction of sp³-hybridized carbons (Fsp3) is 0.750. The minimum absolute atomic E-state index is 0.0849. The average Bonchev–Trinajstić information content (AvgIpc) is 2.64. The summed E-state index contributed by atoms with van der Waals surface area (Å²) in [5.41, 5.74) is 0. The van der Waals surface area contributed by atoms with E-state index in [4.69, 9.17) is 0 Å². The zero-order valence-corrected chi connectivity index (χ0v) is 7.80. The van der Waals surface area contributed by atoms with Crippen molar-refractivity contribution in [2.24, 2.45) is 0 Å². The van der Waals surface area contributed by atoms with E-state index in [1.807, 2.05) is 0 Å². The SMILES string of the molecule is O=C1CNC(=O)C(CC2CNCN2)N1. The standard InChI is InChI=1S/C8H14N4O2/c13-7-3-10-8(14)6(12-7)1-5-2-9-4-11-5/h5-6,9,11H,1-4H2,(H,10,14)(H,12,13). The molecule has 6 nitrogen and oxygen atoms in total. The molecule has 2 fully saturated rings. The van der Waals surface area contributed by atoms with Gasteiger partial charge in [0.15, 0.2) is 0 Å². The number of hydrogen-bond donors (Lipinski definition) is 4. The third-order valence-corrected chi connectivity index (χ3v) is 2.50. The summed E-state index contributed by atoms with van der Waals surface area (Å²) in [5, 5.41) is 11.6. The molecule has 0 spiro atoms. The molecular weight excluding hydrogens is 184 g/mol. The van der Waals surface area contributed by atoms with Crippen LogP contribution in [-0.2, 0) is 9.59 Å². The van der Waals surface area contributed by atoms with Gasteiger partial charge < -0.3 is 21.3 Å². The first-order valence-corrected chi connectivity index (χ1v) is 4.77. The first-order chi connectivity index (χ1) is 6.75. The molecule has 14 heavy (non-hydrogen) atoms. The first-order valence-electron chi connectivity index (χ1n) is 4.77. The summed E-state index contributed by atoms with van der Waals surface area (Å²) in [6, 6.07) is -0.113. The Hall–Kier alpha value is -1.14. The summed E-state index contributed by atoms with van der Waals surface area (Å²) in [6.07, 6.45) is 0.643. The number of rotatable bonds is 2. The molecule has 0 aromatic carbocycles. The third-order valence-electron chi connectivity index (χ3n) is 2.50. The maximum atomic E-state index is 11.4. The number of nitrogens with one attached hydrogen (secondary N) is 4. The Morgan fingerprint density at radius 1 is 1.36 bits per heavy atom. The zero-order chi connectivity index (χ0) is 9.97. The summed E-state index contributed by atoms with van der Waals surface area (Å²) >= 11 is 0. The molecule has 0 aromatic rings. The van der Waals surface area contributed by atoms with E-state index >= 15 is 0 Å². The highest BCUT2D eigenvalue weighted by molar-refractivity contribution is 5.94. The topological polar surface area (TPSA) is 82.3 Å². The Morgan fingerprint density at radius 3 is 2.93 bits per heavy atom. The molecule has 0 aliphatic carbocycles. The van der Waals surface area contributed by atoms with Gasteiger partial charge in [-0.15, -0.1) is 0 Å². The van der Waals surface area contributed by atoms with Crippen LogP contribution in [0, 0.1) is 0 Å². The van der Waals surface area contributed by atoms with Gasteiger partial charge in [0.2, 0.25) is 11.8 Å². The van der Waals surface area contributed by atoms with Gasteiger partial charge in [-0.25, -0.2) is 0 Å². The predicted octanol–water partition coefficient (Wildman–Crippen LogP) is -2.49. The second-order valence-electron chi connectivity index (χ2n) is 3.61. The Kier molecular flexibility index (Phi) is 2.64. The van der Waals surface area contributed by atoms with E-state index < -0.39 is 0 Å².